The van der Waals surface area contributed by atoms with Crippen molar-refractivity contribution >= 4 is 39.4 Å². The van der Waals surface area contributed by atoms with E-state index >= 15 is 0 Å². The Morgan fingerprint density at radius 3 is 2.34 bits per heavy atom. The highest BCUT2D eigenvalue weighted by atomic mass is 35.5. The molecule has 32 heavy (non-hydrogen) atoms. The summed E-state index contributed by atoms with van der Waals surface area (Å²) in [4.78, 5) is 2.32. The lowest BCUT2D eigenvalue weighted by Gasteiger charge is -2.14. The van der Waals surface area contributed by atoms with Gasteiger partial charge >= 0.3 is 0 Å². The maximum atomic E-state index is 12.4. The predicted molar refractivity (Wildman–Crippen MR) is 127 cm³/mol. The van der Waals surface area contributed by atoms with Gasteiger partial charge < -0.3 is 9.47 Å². The second-order valence-electron chi connectivity index (χ2n) is 6.84. The molecule has 0 radical (unpaired) electrons. The number of benzene rings is 3. The van der Waals surface area contributed by atoms with Gasteiger partial charge in [0.2, 0.25) is 0 Å². The number of ether oxygens (including phenoxy) is 2. The molecular formula is C23H22Cl2N2O4S. The molecule has 0 unspecified atom stereocenters. The molecule has 3 rings (SSSR count). The van der Waals surface area contributed by atoms with Crippen molar-refractivity contribution in [2.75, 3.05) is 6.61 Å². The summed E-state index contributed by atoms with van der Waals surface area (Å²) in [5.74, 6) is 0.817. The number of nitrogens with zero attached hydrogens (tertiary/aromatic N) is 1. The molecule has 3 aromatic rings. The molecule has 0 fully saturated rings. The van der Waals surface area contributed by atoms with Crippen LogP contribution in [0.5, 0.6) is 11.5 Å². The van der Waals surface area contributed by atoms with Crippen molar-refractivity contribution in [2.24, 2.45) is 5.10 Å². The van der Waals surface area contributed by atoms with Crippen LogP contribution in [-0.4, -0.2) is 21.2 Å². The van der Waals surface area contributed by atoms with Crippen LogP contribution in [0, 0.1) is 6.92 Å². The van der Waals surface area contributed by atoms with Crippen LogP contribution in [0.1, 0.15) is 23.6 Å². The number of hydrazone groups is 1. The van der Waals surface area contributed by atoms with Crippen LogP contribution in [0.4, 0.5) is 0 Å². The van der Waals surface area contributed by atoms with E-state index in [1.165, 1.54) is 18.3 Å². The highest BCUT2D eigenvalue weighted by Gasteiger charge is 2.14. The van der Waals surface area contributed by atoms with E-state index in [0.29, 0.717) is 33.7 Å². The molecule has 0 heterocycles. The van der Waals surface area contributed by atoms with Crippen molar-refractivity contribution in [3.63, 3.8) is 0 Å². The van der Waals surface area contributed by atoms with Crippen LogP contribution in [0.25, 0.3) is 0 Å². The summed E-state index contributed by atoms with van der Waals surface area (Å²) in [5, 5.41) is 4.81. The Balaban J connectivity index is 1.75. The maximum Gasteiger partial charge on any atom is 0.276 e. The Labute approximate surface area is 197 Å². The van der Waals surface area contributed by atoms with Gasteiger partial charge in [0.15, 0.2) is 11.5 Å². The van der Waals surface area contributed by atoms with Crippen molar-refractivity contribution in [1.82, 2.24) is 4.83 Å². The molecule has 0 aliphatic heterocycles. The van der Waals surface area contributed by atoms with Crippen LogP contribution < -0.4 is 14.3 Å². The van der Waals surface area contributed by atoms with Gasteiger partial charge in [-0.05, 0) is 61.4 Å². The van der Waals surface area contributed by atoms with E-state index in [0.717, 1.165) is 11.1 Å². The third-order valence-electron chi connectivity index (χ3n) is 4.35. The second kappa shape index (κ2) is 10.7. The summed E-state index contributed by atoms with van der Waals surface area (Å²) in [5.41, 5.74) is 2.43. The van der Waals surface area contributed by atoms with Gasteiger partial charge in [0.25, 0.3) is 10.0 Å². The van der Waals surface area contributed by atoms with Gasteiger partial charge in [-0.25, -0.2) is 4.83 Å². The molecule has 0 saturated heterocycles. The summed E-state index contributed by atoms with van der Waals surface area (Å²) in [6, 6.07) is 17.0. The van der Waals surface area contributed by atoms with Crippen LogP contribution in [0.15, 0.2) is 70.7 Å². The first-order valence-electron chi connectivity index (χ1n) is 9.73. The standard InChI is InChI=1S/C23H22Cl2N2O4S/c1-3-30-22-13-18(14-26-27-32(28,29)20-10-4-16(2)5-11-20)12-21(25)23(22)31-15-17-6-8-19(24)9-7-17/h4-14,27H,3,15H2,1-2H3/b26-14-. The van der Waals surface area contributed by atoms with E-state index in [-0.39, 0.29) is 11.5 Å². The third-order valence-corrected chi connectivity index (χ3v) is 6.12. The number of rotatable bonds is 9. The molecule has 0 amide bonds. The van der Waals surface area contributed by atoms with Gasteiger partial charge in [0, 0.05) is 5.02 Å². The van der Waals surface area contributed by atoms with E-state index in [2.05, 4.69) is 9.93 Å². The minimum Gasteiger partial charge on any atom is -0.490 e. The number of sulfonamides is 1. The molecule has 0 saturated carbocycles. The Kier molecular flexibility index (Phi) is 8.01. The quantitative estimate of drug-likeness (QED) is 0.311. The van der Waals surface area contributed by atoms with Crippen LogP contribution in [0.3, 0.4) is 0 Å². The number of hydrogen-bond donors (Lipinski definition) is 1. The monoisotopic (exact) mass is 492 g/mol. The topological polar surface area (TPSA) is 77.0 Å². The minimum absolute atomic E-state index is 0.124. The summed E-state index contributed by atoms with van der Waals surface area (Å²) in [6.07, 6.45) is 1.35. The van der Waals surface area contributed by atoms with Gasteiger partial charge in [0.05, 0.1) is 22.7 Å². The smallest absolute Gasteiger partial charge is 0.276 e. The first kappa shape index (κ1) is 23.9. The van der Waals surface area contributed by atoms with Crippen molar-refractivity contribution < 1.29 is 17.9 Å². The lowest BCUT2D eigenvalue weighted by Crippen LogP contribution is -2.18. The fraction of sp³-hybridized carbons (Fsp3) is 0.174. The van der Waals surface area contributed by atoms with E-state index in [1.54, 1.807) is 36.4 Å². The molecule has 6 nitrogen and oxygen atoms in total. The van der Waals surface area contributed by atoms with Crippen molar-refractivity contribution in [3.05, 3.63) is 87.4 Å². The maximum absolute atomic E-state index is 12.4. The highest BCUT2D eigenvalue weighted by molar-refractivity contribution is 7.89. The SMILES string of the molecule is CCOc1cc(/C=N\NS(=O)(=O)c2ccc(C)cc2)cc(Cl)c1OCc1ccc(Cl)cc1. The summed E-state index contributed by atoms with van der Waals surface area (Å²) in [7, 11) is -3.77. The van der Waals surface area contributed by atoms with E-state index in [1.807, 2.05) is 26.0 Å². The number of halogens is 2. The van der Waals surface area contributed by atoms with Crippen molar-refractivity contribution in [3.8, 4) is 11.5 Å². The molecule has 0 atom stereocenters. The summed E-state index contributed by atoms with van der Waals surface area (Å²) >= 11 is 12.3. The zero-order valence-corrected chi connectivity index (χ0v) is 19.8. The molecule has 0 bridgehead atoms. The Hall–Kier alpha value is -2.74. The molecule has 9 heteroatoms. The fourth-order valence-electron chi connectivity index (χ4n) is 2.74. The van der Waals surface area contributed by atoms with Gasteiger partial charge in [0.1, 0.15) is 6.61 Å². The van der Waals surface area contributed by atoms with Gasteiger partial charge in [-0.2, -0.15) is 13.5 Å². The summed E-state index contributed by atoms with van der Waals surface area (Å²) in [6.45, 7) is 4.40. The zero-order chi connectivity index (χ0) is 23.1. The molecule has 0 aliphatic rings. The average Bonchev–Trinajstić information content (AvgIpc) is 2.75. The first-order chi connectivity index (χ1) is 15.3. The van der Waals surface area contributed by atoms with E-state index < -0.39 is 10.0 Å². The molecule has 168 valence electrons. The lowest BCUT2D eigenvalue weighted by molar-refractivity contribution is 0.269. The first-order valence-corrected chi connectivity index (χ1v) is 12.0. The molecule has 0 aliphatic carbocycles. The number of nitrogens with one attached hydrogen (secondary N) is 1. The van der Waals surface area contributed by atoms with Crippen LogP contribution in [-0.2, 0) is 16.6 Å². The normalized spacial score (nSPS) is 11.5. The lowest BCUT2D eigenvalue weighted by atomic mass is 10.2. The highest BCUT2D eigenvalue weighted by Crippen LogP contribution is 2.37. The Morgan fingerprint density at radius 1 is 1.00 bits per heavy atom. The van der Waals surface area contributed by atoms with Crippen LogP contribution >= 0.6 is 23.2 Å². The Bertz CT molecular complexity index is 1200. The van der Waals surface area contributed by atoms with Gasteiger partial charge in [-0.15, -0.1) is 0 Å². The van der Waals surface area contributed by atoms with E-state index in [9.17, 15) is 8.42 Å². The van der Waals surface area contributed by atoms with Crippen molar-refractivity contribution in [1.29, 1.82) is 0 Å². The molecule has 1 N–H and O–H groups in total. The predicted octanol–water partition coefficient (Wildman–Crippen LogP) is 5.59. The van der Waals surface area contributed by atoms with Gasteiger partial charge in [-0.1, -0.05) is 53.0 Å². The molecule has 3 aromatic carbocycles. The van der Waals surface area contributed by atoms with Gasteiger partial charge in [-0.3, -0.25) is 0 Å². The zero-order valence-electron chi connectivity index (χ0n) is 17.5. The van der Waals surface area contributed by atoms with Crippen LogP contribution in [0.2, 0.25) is 10.0 Å². The molecule has 0 spiro atoms. The minimum atomic E-state index is -3.77. The molecule has 0 aromatic heterocycles. The number of aryl methyl sites for hydroxylation is 1. The van der Waals surface area contributed by atoms with Crippen molar-refractivity contribution in [2.45, 2.75) is 25.3 Å². The number of hydrogen-bond acceptors (Lipinski definition) is 5. The summed E-state index contributed by atoms with van der Waals surface area (Å²) < 4.78 is 36.3. The fourth-order valence-corrected chi connectivity index (χ4v) is 3.93. The molecular weight excluding hydrogens is 471 g/mol. The third kappa shape index (κ3) is 6.38. The van der Waals surface area contributed by atoms with E-state index in [4.69, 9.17) is 32.7 Å². The Morgan fingerprint density at radius 2 is 1.69 bits per heavy atom. The largest absolute Gasteiger partial charge is 0.490 e. The second-order valence-corrected chi connectivity index (χ2v) is 9.35. The average molecular weight is 493 g/mol.